The monoisotopic (exact) mass is 756 g/mol. The summed E-state index contributed by atoms with van der Waals surface area (Å²) in [7, 11) is 5.67. The molecule has 0 aliphatic carbocycles. The van der Waals surface area contributed by atoms with Crippen LogP contribution < -0.4 is 32.5 Å². The minimum absolute atomic E-state index is 0.0694. The molecule has 1 fully saturated rings. The Morgan fingerprint density at radius 3 is 2.51 bits per heavy atom. The lowest BCUT2D eigenvalue weighted by atomic mass is 10.1. The summed E-state index contributed by atoms with van der Waals surface area (Å²) in [4.78, 5) is 28.6. The van der Waals surface area contributed by atoms with E-state index in [9.17, 15) is 14.0 Å². The molecule has 53 heavy (non-hydrogen) atoms. The zero-order valence-corrected chi connectivity index (χ0v) is 32.6. The number of fused-ring (bicyclic) bond motifs is 2. The topological polar surface area (TPSA) is 168 Å². The van der Waals surface area contributed by atoms with Crippen LogP contribution in [0.3, 0.4) is 0 Å². The Balaban J connectivity index is 0.000000262. The number of urea groups is 1. The molecule has 3 aromatic rings. The molecule has 1 aromatic heterocycles. The molecule has 5 rings (SSSR count). The molecule has 0 spiro atoms. The van der Waals surface area contributed by atoms with E-state index in [1.165, 1.54) is 22.9 Å². The molecule has 1 unspecified atom stereocenters. The van der Waals surface area contributed by atoms with E-state index < -0.39 is 6.67 Å². The Labute approximate surface area is 318 Å². The summed E-state index contributed by atoms with van der Waals surface area (Å²) in [6.45, 7) is 9.01. The van der Waals surface area contributed by atoms with E-state index >= 15 is 0 Å². The number of hydrogen-bond acceptors (Lipinski definition) is 10. The van der Waals surface area contributed by atoms with Gasteiger partial charge in [-0.1, -0.05) is 48.1 Å². The molecule has 0 saturated carbocycles. The van der Waals surface area contributed by atoms with Crippen LogP contribution in [0.15, 0.2) is 60.6 Å². The van der Waals surface area contributed by atoms with Crippen LogP contribution in [0.4, 0.5) is 26.4 Å². The molecule has 292 valence electrons. The highest BCUT2D eigenvalue weighted by atomic mass is 32.1. The molecule has 0 radical (unpaired) electrons. The van der Waals surface area contributed by atoms with Crippen molar-refractivity contribution in [3.05, 3.63) is 82.8 Å². The quantitative estimate of drug-likeness (QED) is 0.0585. The van der Waals surface area contributed by atoms with E-state index in [0.717, 1.165) is 48.6 Å². The maximum Gasteiger partial charge on any atom is 0.317 e. The van der Waals surface area contributed by atoms with Crippen LogP contribution >= 0.6 is 12.2 Å². The zero-order chi connectivity index (χ0) is 39.2. The predicted octanol–water partition coefficient (Wildman–Crippen LogP) is 4.40. The van der Waals surface area contributed by atoms with Gasteiger partial charge >= 0.3 is 6.03 Å². The Hall–Kier alpha value is -4.77. The van der Waals surface area contributed by atoms with Gasteiger partial charge in [0.05, 0.1) is 61.7 Å². The SMILES string of the molecule is CN(C)C=S.Cc1ccc(CNC(=O)N2CCCC2C)c(C)c1.Cn1ncc2c1Nc1ccccc1N(C=O)C2.NN/C=C(\N)COCCOCCF. The molecule has 2 aliphatic rings. The van der Waals surface area contributed by atoms with Crippen molar-refractivity contribution in [2.45, 2.75) is 52.7 Å². The summed E-state index contributed by atoms with van der Waals surface area (Å²) in [6, 6.07) is 14.5. The van der Waals surface area contributed by atoms with Gasteiger partial charge in [0.1, 0.15) is 12.5 Å². The number of carbonyl (C=O) groups excluding carboxylic acids is 2. The van der Waals surface area contributed by atoms with Crippen LogP contribution in [0, 0.1) is 13.8 Å². The van der Waals surface area contributed by atoms with Crippen molar-refractivity contribution in [3.63, 3.8) is 0 Å². The second kappa shape index (κ2) is 24.5. The number of halogens is 1. The highest BCUT2D eigenvalue weighted by Gasteiger charge is 2.24. The summed E-state index contributed by atoms with van der Waals surface area (Å²) in [5, 5.41) is 10.5. The maximum atomic E-state index is 12.0. The van der Waals surface area contributed by atoms with Crippen molar-refractivity contribution < 1.29 is 23.5 Å². The minimum atomic E-state index is -0.473. The van der Waals surface area contributed by atoms with Crippen molar-refractivity contribution in [1.29, 1.82) is 0 Å². The van der Waals surface area contributed by atoms with Gasteiger partial charge in [0.15, 0.2) is 0 Å². The molecule has 16 heteroatoms. The molecular weight excluding hydrogens is 700 g/mol. The number of nitrogens with two attached hydrogens (primary N) is 2. The largest absolute Gasteiger partial charge is 0.399 e. The summed E-state index contributed by atoms with van der Waals surface area (Å²) in [5.41, 5.74) is 16.3. The first-order chi connectivity index (χ1) is 25.4. The number of benzene rings is 2. The second-order valence-electron chi connectivity index (χ2n) is 12.6. The fourth-order valence-corrected chi connectivity index (χ4v) is 5.24. The fourth-order valence-electron chi connectivity index (χ4n) is 5.24. The number of amides is 3. The number of hydrazine groups is 1. The number of thiocarbonyl (C=S) groups is 1. The summed E-state index contributed by atoms with van der Waals surface area (Å²) in [6.07, 6.45) is 6.31. The number of hydrogen-bond donors (Lipinski definition) is 5. The highest BCUT2D eigenvalue weighted by molar-refractivity contribution is 7.78. The first-order valence-corrected chi connectivity index (χ1v) is 17.9. The number of aryl methyl sites for hydroxylation is 3. The smallest absolute Gasteiger partial charge is 0.317 e. The number of anilines is 3. The number of likely N-dealkylation sites (tertiary alicyclic amines) is 1. The number of ether oxygens (including phenoxy) is 2. The van der Waals surface area contributed by atoms with Gasteiger partial charge in [-0.3, -0.25) is 15.3 Å². The van der Waals surface area contributed by atoms with Crippen molar-refractivity contribution >= 4 is 47.3 Å². The second-order valence-corrected chi connectivity index (χ2v) is 12.8. The third kappa shape index (κ3) is 15.8. The molecule has 1 saturated heterocycles. The number of nitrogens with one attached hydrogen (secondary N) is 3. The van der Waals surface area contributed by atoms with Gasteiger partial charge in [0.25, 0.3) is 0 Å². The maximum absolute atomic E-state index is 12.0. The normalized spacial score (nSPS) is 14.3. The van der Waals surface area contributed by atoms with Crippen LogP contribution in [0.1, 0.15) is 42.0 Å². The third-order valence-electron chi connectivity index (χ3n) is 8.03. The van der Waals surface area contributed by atoms with Crippen LogP contribution in [0.5, 0.6) is 0 Å². The minimum Gasteiger partial charge on any atom is -0.399 e. The number of carbonyl (C=O) groups is 2. The van der Waals surface area contributed by atoms with Crippen LogP contribution in [0.2, 0.25) is 0 Å². The van der Waals surface area contributed by atoms with Gasteiger partial charge < -0.3 is 46.0 Å². The Morgan fingerprint density at radius 1 is 1.17 bits per heavy atom. The van der Waals surface area contributed by atoms with Gasteiger partial charge in [-0.25, -0.2) is 9.18 Å². The number of aromatic nitrogens is 2. The lowest BCUT2D eigenvalue weighted by Crippen LogP contribution is -2.41. The van der Waals surface area contributed by atoms with E-state index in [4.69, 9.17) is 21.1 Å². The molecule has 3 amide bonds. The Morgan fingerprint density at radius 2 is 1.89 bits per heavy atom. The molecule has 2 aliphatic heterocycles. The van der Waals surface area contributed by atoms with Crippen LogP contribution in [0.25, 0.3) is 0 Å². The molecule has 3 heterocycles. The van der Waals surface area contributed by atoms with Gasteiger partial charge in [0.2, 0.25) is 6.41 Å². The van der Waals surface area contributed by atoms with Gasteiger partial charge in [-0.15, -0.1) is 0 Å². The summed E-state index contributed by atoms with van der Waals surface area (Å²) >= 11 is 4.48. The Kier molecular flexibility index (Phi) is 20.5. The average molecular weight is 757 g/mol. The van der Waals surface area contributed by atoms with Crippen molar-refractivity contribution in [2.75, 3.05) is 64.0 Å². The van der Waals surface area contributed by atoms with Crippen LogP contribution in [-0.2, 0) is 34.4 Å². The third-order valence-corrected chi connectivity index (χ3v) is 8.45. The van der Waals surface area contributed by atoms with Crippen molar-refractivity contribution in [1.82, 2.24) is 30.3 Å². The highest BCUT2D eigenvalue weighted by Crippen LogP contribution is 2.34. The van der Waals surface area contributed by atoms with Gasteiger partial charge in [0, 0.05) is 52.0 Å². The molecule has 1 atom stereocenters. The van der Waals surface area contributed by atoms with Gasteiger partial charge in [-0.05, 0) is 56.9 Å². The number of para-hydroxylation sites is 2. The number of alkyl halides is 1. The van der Waals surface area contributed by atoms with E-state index in [1.54, 1.807) is 21.3 Å². The van der Waals surface area contributed by atoms with E-state index in [-0.39, 0.29) is 19.2 Å². The summed E-state index contributed by atoms with van der Waals surface area (Å²) in [5.74, 6) is 5.90. The summed E-state index contributed by atoms with van der Waals surface area (Å²) < 4.78 is 23.2. The molecular formula is C37H57FN10O4S. The predicted molar refractivity (Wildman–Crippen MR) is 213 cm³/mol. The average Bonchev–Trinajstić information content (AvgIpc) is 3.68. The lowest BCUT2D eigenvalue weighted by Gasteiger charge is -2.22. The van der Waals surface area contributed by atoms with E-state index in [2.05, 4.69) is 72.3 Å². The number of rotatable bonds is 12. The van der Waals surface area contributed by atoms with E-state index in [1.807, 2.05) is 55.2 Å². The Bertz CT molecular complexity index is 1590. The fraction of sp³-hybridized carbons (Fsp3) is 0.459. The van der Waals surface area contributed by atoms with E-state index in [0.29, 0.717) is 38.0 Å². The molecule has 2 aromatic carbocycles. The van der Waals surface area contributed by atoms with Crippen molar-refractivity contribution in [3.8, 4) is 0 Å². The van der Waals surface area contributed by atoms with Gasteiger partial charge in [-0.2, -0.15) is 5.10 Å². The first kappa shape index (κ1) is 44.4. The number of nitrogens with zero attached hydrogens (tertiary/aromatic N) is 5. The first-order valence-electron chi connectivity index (χ1n) is 17.4. The molecule has 14 nitrogen and oxygen atoms in total. The lowest BCUT2D eigenvalue weighted by molar-refractivity contribution is -0.107. The zero-order valence-electron chi connectivity index (χ0n) is 31.8. The standard InChI is InChI=1S/C15H22N2O.C12H12N4O.C7H16FN3O2.C3H7NS/c1-11-6-7-14(12(2)9-11)10-16-15(18)17-8-4-5-13(17)3;1-15-12-9(6-13-15)7-16(8-17)11-5-3-2-4-10(11)14-12;8-1-2-12-3-4-13-6-7(9)5-11-10;1-4(2)3-5/h6-7,9,13H,4-5,8,10H2,1-3H3,(H,16,18);2-6,8,14H,7H2,1H3;5,11H,1-4,6,9-10H2;3H,1-2H3/b;;7-5-;. The molecule has 7 N–H and O–H groups in total. The van der Waals surface area contributed by atoms with Crippen molar-refractivity contribution in [2.24, 2.45) is 18.6 Å². The molecule has 0 bridgehead atoms. The van der Waals surface area contributed by atoms with Crippen LogP contribution in [-0.4, -0.2) is 97.3 Å².